The molecule has 2 rings (SSSR count). The number of benzene rings is 1. The summed E-state index contributed by atoms with van der Waals surface area (Å²) in [6, 6.07) is 9.36. The highest BCUT2D eigenvalue weighted by molar-refractivity contribution is 9.10. The van der Waals surface area contributed by atoms with Gasteiger partial charge in [0.25, 0.3) is 0 Å². The fourth-order valence-electron chi connectivity index (χ4n) is 2.56. The monoisotopic (exact) mass is 365 g/mol. The van der Waals surface area contributed by atoms with Gasteiger partial charge < -0.3 is 5.32 Å². The number of nitrogens with one attached hydrogen (secondary N) is 1. The zero-order valence-electron chi connectivity index (χ0n) is 13.3. The van der Waals surface area contributed by atoms with Crippen molar-refractivity contribution in [2.45, 2.75) is 46.6 Å². The molecule has 2 aromatic rings. The predicted molar refractivity (Wildman–Crippen MR) is 97.4 cm³/mol. The molecule has 0 aliphatic heterocycles. The van der Waals surface area contributed by atoms with Crippen molar-refractivity contribution in [3.05, 3.63) is 55.2 Å². The fourth-order valence-corrected chi connectivity index (χ4v) is 4.56. The molecule has 1 aromatic carbocycles. The van der Waals surface area contributed by atoms with Crippen molar-refractivity contribution >= 4 is 27.3 Å². The van der Waals surface area contributed by atoms with Crippen LogP contribution in [0.2, 0.25) is 0 Å². The predicted octanol–water partition coefficient (Wildman–Crippen LogP) is 5.72. The number of thiophene rings is 1. The van der Waals surface area contributed by atoms with E-state index in [0.29, 0.717) is 6.04 Å². The molecule has 1 heterocycles. The number of aryl methyl sites for hydroxylation is 3. The van der Waals surface area contributed by atoms with Crippen LogP contribution in [0.25, 0.3) is 0 Å². The van der Waals surface area contributed by atoms with Crippen LogP contribution in [0.4, 0.5) is 0 Å². The number of hydrogen-bond acceptors (Lipinski definition) is 2. The van der Waals surface area contributed by atoms with Crippen molar-refractivity contribution in [3.63, 3.8) is 0 Å². The van der Waals surface area contributed by atoms with E-state index in [1.165, 1.54) is 30.9 Å². The summed E-state index contributed by atoms with van der Waals surface area (Å²) >= 11 is 5.62. The van der Waals surface area contributed by atoms with Crippen molar-refractivity contribution in [2.75, 3.05) is 6.54 Å². The van der Waals surface area contributed by atoms with Crippen LogP contribution in [0, 0.1) is 20.8 Å². The molecule has 1 N–H and O–H groups in total. The molecule has 114 valence electrons. The molecule has 1 atom stereocenters. The molecule has 0 saturated heterocycles. The molecule has 21 heavy (non-hydrogen) atoms. The lowest BCUT2D eigenvalue weighted by Gasteiger charge is -2.19. The quantitative estimate of drug-likeness (QED) is 0.690. The fraction of sp³-hybridized carbons (Fsp3) is 0.444. The van der Waals surface area contributed by atoms with Crippen LogP contribution in [0.15, 0.2) is 28.7 Å². The second-order valence-electron chi connectivity index (χ2n) is 5.71. The molecule has 0 saturated carbocycles. The van der Waals surface area contributed by atoms with E-state index < -0.39 is 0 Å². The van der Waals surface area contributed by atoms with Gasteiger partial charge in [0.15, 0.2) is 0 Å². The zero-order chi connectivity index (χ0) is 15.4. The Bertz CT molecular complexity index is 603. The van der Waals surface area contributed by atoms with Crippen LogP contribution in [-0.4, -0.2) is 6.54 Å². The first-order valence-corrected chi connectivity index (χ1v) is 9.17. The van der Waals surface area contributed by atoms with Crippen LogP contribution >= 0.6 is 27.3 Å². The summed E-state index contributed by atoms with van der Waals surface area (Å²) in [5.74, 6) is 0. The molecule has 0 aliphatic carbocycles. The summed E-state index contributed by atoms with van der Waals surface area (Å²) in [7, 11) is 0. The lowest BCUT2D eigenvalue weighted by Crippen LogP contribution is -2.24. The maximum absolute atomic E-state index is 3.73. The van der Waals surface area contributed by atoms with Gasteiger partial charge in [-0.2, -0.15) is 0 Å². The maximum Gasteiger partial charge on any atom is 0.0467 e. The first-order chi connectivity index (χ1) is 10.0. The molecule has 0 aliphatic rings. The molecule has 0 fully saturated rings. The Morgan fingerprint density at radius 3 is 2.57 bits per heavy atom. The van der Waals surface area contributed by atoms with E-state index in [9.17, 15) is 0 Å². The van der Waals surface area contributed by atoms with E-state index in [2.05, 4.69) is 73.2 Å². The highest BCUT2D eigenvalue weighted by Crippen LogP contribution is 2.34. The Kier molecular flexibility index (Phi) is 6.03. The van der Waals surface area contributed by atoms with Gasteiger partial charge in [-0.25, -0.2) is 0 Å². The molecular formula is C18H24BrNS. The summed E-state index contributed by atoms with van der Waals surface area (Å²) in [6.45, 7) is 9.83. The smallest absolute Gasteiger partial charge is 0.0467 e. The first kappa shape index (κ1) is 16.7. The van der Waals surface area contributed by atoms with Gasteiger partial charge >= 0.3 is 0 Å². The minimum atomic E-state index is 0.388. The Balaban J connectivity index is 2.28. The lowest BCUT2D eigenvalue weighted by atomic mass is 9.98. The SMILES string of the molecule is CCCNC(Cc1cc(C)ccc1C)c1sc(C)cc1Br. The van der Waals surface area contributed by atoms with Gasteiger partial charge in [-0.3, -0.25) is 0 Å². The molecule has 1 unspecified atom stereocenters. The van der Waals surface area contributed by atoms with Gasteiger partial charge in [0.1, 0.15) is 0 Å². The second-order valence-corrected chi connectivity index (χ2v) is 7.85. The highest BCUT2D eigenvalue weighted by atomic mass is 79.9. The summed E-state index contributed by atoms with van der Waals surface area (Å²) in [5, 5.41) is 3.72. The van der Waals surface area contributed by atoms with Crippen molar-refractivity contribution in [1.29, 1.82) is 0 Å². The second kappa shape index (κ2) is 7.57. The van der Waals surface area contributed by atoms with E-state index in [1.54, 1.807) is 0 Å². The normalized spacial score (nSPS) is 12.6. The minimum absolute atomic E-state index is 0.388. The number of rotatable bonds is 6. The Morgan fingerprint density at radius 2 is 1.95 bits per heavy atom. The van der Waals surface area contributed by atoms with Gasteiger partial charge in [0.05, 0.1) is 0 Å². The highest BCUT2D eigenvalue weighted by Gasteiger charge is 2.18. The van der Waals surface area contributed by atoms with Gasteiger partial charge in [-0.05, 0) is 73.3 Å². The average Bonchev–Trinajstić information content (AvgIpc) is 2.77. The van der Waals surface area contributed by atoms with Crippen LogP contribution in [-0.2, 0) is 6.42 Å². The molecule has 3 heteroatoms. The largest absolute Gasteiger partial charge is 0.309 e. The number of halogens is 1. The van der Waals surface area contributed by atoms with Crippen molar-refractivity contribution < 1.29 is 0 Å². The molecule has 1 nitrogen and oxygen atoms in total. The van der Waals surface area contributed by atoms with Gasteiger partial charge in [0.2, 0.25) is 0 Å². The molecule has 0 spiro atoms. The summed E-state index contributed by atoms with van der Waals surface area (Å²) in [6.07, 6.45) is 2.21. The average molecular weight is 366 g/mol. The lowest BCUT2D eigenvalue weighted by molar-refractivity contribution is 0.534. The van der Waals surface area contributed by atoms with E-state index in [-0.39, 0.29) is 0 Å². The minimum Gasteiger partial charge on any atom is -0.309 e. The molecule has 0 amide bonds. The molecule has 0 radical (unpaired) electrons. The van der Waals surface area contributed by atoms with E-state index in [0.717, 1.165) is 19.4 Å². The van der Waals surface area contributed by atoms with E-state index in [1.807, 2.05) is 11.3 Å². The Hall–Kier alpha value is -0.640. The summed E-state index contributed by atoms with van der Waals surface area (Å²) < 4.78 is 1.24. The first-order valence-electron chi connectivity index (χ1n) is 7.56. The van der Waals surface area contributed by atoms with Gasteiger partial charge in [-0.15, -0.1) is 11.3 Å². The van der Waals surface area contributed by atoms with Gasteiger partial charge in [0, 0.05) is 20.3 Å². The zero-order valence-corrected chi connectivity index (χ0v) is 15.7. The number of hydrogen-bond donors (Lipinski definition) is 1. The van der Waals surface area contributed by atoms with Crippen LogP contribution in [0.1, 0.15) is 45.8 Å². The van der Waals surface area contributed by atoms with Crippen molar-refractivity contribution in [2.24, 2.45) is 0 Å². The molecule has 1 aromatic heterocycles. The molecular weight excluding hydrogens is 342 g/mol. The summed E-state index contributed by atoms with van der Waals surface area (Å²) in [5.41, 5.74) is 4.17. The van der Waals surface area contributed by atoms with Crippen LogP contribution < -0.4 is 5.32 Å². The summed E-state index contributed by atoms with van der Waals surface area (Å²) in [4.78, 5) is 2.78. The Morgan fingerprint density at radius 1 is 1.19 bits per heavy atom. The van der Waals surface area contributed by atoms with Crippen molar-refractivity contribution in [3.8, 4) is 0 Å². The van der Waals surface area contributed by atoms with Crippen LogP contribution in [0.5, 0.6) is 0 Å². The van der Waals surface area contributed by atoms with E-state index >= 15 is 0 Å². The van der Waals surface area contributed by atoms with Crippen LogP contribution in [0.3, 0.4) is 0 Å². The molecule has 0 bridgehead atoms. The third kappa shape index (κ3) is 4.41. The van der Waals surface area contributed by atoms with Gasteiger partial charge in [-0.1, -0.05) is 30.7 Å². The third-order valence-corrected chi connectivity index (χ3v) is 5.80. The standard InChI is InChI=1S/C18H24BrNS/c1-5-8-20-17(18-16(19)10-14(4)21-18)11-15-9-12(2)6-7-13(15)3/h6-7,9-10,17,20H,5,8,11H2,1-4H3. The third-order valence-electron chi connectivity index (χ3n) is 3.72. The van der Waals surface area contributed by atoms with E-state index in [4.69, 9.17) is 0 Å². The topological polar surface area (TPSA) is 12.0 Å². The van der Waals surface area contributed by atoms with Crippen molar-refractivity contribution in [1.82, 2.24) is 5.32 Å². The Labute approximate surface area is 140 Å². The maximum atomic E-state index is 3.73.